The van der Waals surface area contributed by atoms with Gasteiger partial charge in [-0.2, -0.15) is 0 Å². The maximum atomic E-state index is 11.3. The van der Waals surface area contributed by atoms with E-state index in [4.69, 9.17) is 5.11 Å². The molecule has 0 saturated carbocycles. The molecule has 2 N–H and O–H groups in total. The largest absolute Gasteiger partial charge is 0.477 e. The first-order chi connectivity index (χ1) is 7.15. The lowest BCUT2D eigenvalue weighted by Gasteiger charge is -2.03. The molecule has 1 amide bonds. The van der Waals surface area contributed by atoms with E-state index in [2.05, 4.69) is 5.32 Å². The molecule has 0 spiro atoms. The number of thiophene rings is 1. The topological polar surface area (TPSA) is 66.4 Å². The molecule has 0 fully saturated rings. The summed E-state index contributed by atoms with van der Waals surface area (Å²) in [7, 11) is 0. The molecule has 82 valence electrons. The molecule has 0 bridgehead atoms. The minimum atomic E-state index is -1.00. The summed E-state index contributed by atoms with van der Waals surface area (Å²) >= 11 is 1.11. The first kappa shape index (κ1) is 11.7. The third-order valence-corrected chi connectivity index (χ3v) is 2.79. The molecule has 0 aliphatic heterocycles. The van der Waals surface area contributed by atoms with Gasteiger partial charge in [0, 0.05) is 6.42 Å². The molecular formula is C10H13NO3S. The monoisotopic (exact) mass is 227 g/mol. The van der Waals surface area contributed by atoms with Gasteiger partial charge in [0.2, 0.25) is 5.91 Å². The van der Waals surface area contributed by atoms with E-state index in [0.717, 1.165) is 24.2 Å². The highest BCUT2D eigenvalue weighted by atomic mass is 32.1. The van der Waals surface area contributed by atoms with Gasteiger partial charge >= 0.3 is 5.97 Å². The molecule has 0 aliphatic rings. The van der Waals surface area contributed by atoms with Crippen LogP contribution in [-0.4, -0.2) is 17.0 Å². The Bertz CT molecular complexity index is 359. The predicted molar refractivity (Wildman–Crippen MR) is 59.4 cm³/mol. The van der Waals surface area contributed by atoms with Crippen molar-refractivity contribution >= 4 is 28.9 Å². The average Bonchev–Trinajstić information content (AvgIpc) is 2.62. The highest BCUT2D eigenvalue weighted by Gasteiger charge is 2.13. The van der Waals surface area contributed by atoms with Crippen molar-refractivity contribution in [1.82, 2.24) is 0 Å². The van der Waals surface area contributed by atoms with Crippen LogP contribution in [0.4, 0.5) is 5.69 Å². The SMILES string of the molecule is CCCCC(=O)Nc1ccsc1C(=O)O. The lowest BCUT2D eigenvalue weighted by atomic mass is 10.2. The fourth-order valence-corrected chi connectivity index (χ4v) is 1.81. The molecule has 0 aromatic carbocycles. The van der Waals surface area contributed by atoms with Gasteiger partial charge in [-0.05, 0) is 17.9 Å². The molecular weight excluding hydrogens is 214 g/mol. The second-order valence-corrected chi connectivity index (χ2v) is 4.04. The van der Waals surface area contributed by atoms with Crippen LogP contribution in [0.1, 0.15) is 35.9 Å². The molecule has 1 heterocycles. The Balaban J connectivity index is 2.60. The highest BCUT2D eigenvalue weighted by Crippen LogP contribution is 2.22. The van der Waals surface area contributed by atoms with Crippen molar-refractivity contribution < 1.29 is 14.7 Å². The quantitative estimate of drug-likeness (QED) is 0.812. The molecule has 0 radical (unpaired) electrons. The summed E-state index contributed by atoms with van der Waals surface area (Å²) < 4.78 is 0. The van der Waals surface area contributed by atoms with E-state index >= 15 is 0 Å². The predicted octanol–water partition coefficient (Wildman–Crippen LogP) is 2.58. The van der Waals surface area contributed by atoms with Crippen LogP contribution in [0.3, 0.4) is 0 Å². The number of hydrogen-bond acceptors (Lipinski definition) is 3. The van der Waals surface area contributed by atoms with Gasteiger partial charge in [0.15, 0.2) is 0 Å². The minimum absolute atomic E-state index is 0.127. The third kappa shape index (κ3) is 3.36. The van der Waals surface area contributed by atoms with Crippen molar-refractivity contribution in [2.75, 3.05) is 5.32 Å². The lowest BCUT2D eigenvalue weighted by molar-refractivity contribution is -0.116. The van der Waals surface area contributed by atoms with Gasteiger partial charge in [-0.25, -0.2) is 4.79 Å². The molecule has 5 heteroatoms. The standard InChI is InChI=1S/C10H13NO3S/c1-2-3-4-8(12)11-7-5-6-15-9(7)10(13)14/h5-6H,2-4H2,1H3,(H,11,12)(H,13,14). The Labute approximate surface area is 91.9 Å². The van der Waals surface area contributed by atoms with E-state index in [9.17, 15) is 9.59 Å². The van der Waals surface area contributed by atoms with Gasteiger partial charge in [0.1, 0.15) is 4.88 Å². The number of nitrogens with one attached hydrogen (secondary N) is 1. The van der Waals surface area contributed by atoms with Crippen LogP contribution in [0.2, 0.25) is 0 Å². The number of carbonyl (C=O) groups is 2. The molecule has 0 unspecified atom stereocenters. The van der Waals surface area contributed by atoms with Gasteiger partial charge in [0.05, 0.1) is 5.69 Å². The Hall–Kier alpha value is -1.36. The van der Waals surface area contributed by atoms with Gasteiger partial charge in [-0.1, -0.05) is 13.3 Å². The summed E-state index contributed by atoms with van der Waals surface area (Å²) in [6.07, 6.45) is 2.20. The molecule has 1 aromatic heterocycles. The average molecular weight is 227 g/mol. The van der Waals surface area contributed by atoms with Crippen molar-refractivity contribution in [3.05, 3.63) is 16.3 Å². The molecule has 1 aromatic rings. The van der Waals surface area contributed by atoms with Crippen LogP contribution < -0.4 is 5.32 Å². The van der Waals surface area contributed by atoms with Crippen LogP contribution >= 0.6 is 11.3 Å². The molecule has 0 atom stereocenters. The van der Waals surface area contributed by atoms with Crippen LogP contribution in [0, 0.1) is 0 Å². The van der Waals surface area contributed by atoms with Crippen LogP contribution in [0.5, 0.6) is 0 Å². The number of amides is 1. The maximum absolute atomic E-state index is 11.3. The van der Waals surface area contributed by atoms with Gasteiger partial charge in [-0.15, -0.1) is 11.3 Å². The van der Waals surface area contributed by atoms with Gasteiger partial charge in [0.25, 0.3) is 0 Å². The maximum Gasteiger partial charge on any atom is 0.348 e. The van der Waals surface area contributed by atoms with E-state index in [1.54, 1.807) is 11.4 Å². The number of carboxylic acids is 1. The summed E-state index contributed by atoms with van der Waals surface area (Å²) in [4.78, 5) is 22.3. The van der Waals surface area contributed by atoms with Crippen molar-refractivity contribution in [2.45, 2.75) is 26.2 Å². The molecule has 4 nitrogen and oxygen atoms in total. The fourth-order valence-electron chi connectivity index (χ4n) is 1.12. The first-order valence-corrected chi connectivity index (χ1v) is 5.63. The normalized spacial score (nSPS) is 9.93. The molecule has 1 rings (SSSR count). The highest BCUT2D eigenvalue weighted by molar-refractivity contribution is 7.12. The summed E-state index contributed by atoms with van der Waals surface area (Å²) in [6, 6.07) is 1.61. The van der Waals surface area contributed by atoms with E-state index in [0.29, 0.717) is 12.1 Å². The summed E-state index contributed by atoms with van der Waals surface area (Å²) in [5, 5.41) is 13.1. The van der Waals surface area contributed by atoms with Gasteiger partial charge in [-0.3, -0.25) is 4.79 Å². The summed E-state index contributed by atoms with van der Waals surface area (Å²) in [5.41, 5.74) is 0.397. The van der Waals surface area contributed by atoms with Gasteiger partial charge < -0.3 is 10.4 Å². The van der Waals surface area contributed by atoms with Crippen molar-refractivity contribution in [1.29, 1.82) is 0 Å². The number of hydrogen-bond donors (Lipinski definition) is 2. The van der Waals surface area contributed by atoms with Crippen LogP contribution in [0.25, 0.3) is 0 Å². The fraction of sp³-hybridized carbons (Fsp3) is 0.400. The van der Waals surface area contributed by atoms with Crippen LogP contribution in [0.15, 0.2) is 11.4 Å². The van der Waals surface area contributed by atoms with E-state index in [1.807, 2.05) is 6.92 Å². The second-order valence-electron chi connectivity index (χ2n) is 3.12. The minimum Gasteiger partial charge on any atom is -0.477 e. The molecule has 15 heavy (non-hydrogen) atoms. The zero-order chi connectivity index (χ0) is 11.3. The smallest absolute Gasteiger partial charge is 0.348 e. The number of aromatic carboxylic acids is 1. The number of rotatable bonds is 5. The van der Waals surface area contributed by atoms with Crippen molar-refractivity contribution in [3.63, 3.8) is 0 Å². The van der Waals surface area contributed by atoms with E-state index < -0.39 is 5.97 Å². The third-order valence-electron chi connectivity index (χ3n) is 1.89. The number of carbonyl (C=O) groups excluding carboxylic acids is 1. The first-order valence-electron chi connectivity index (χ1n) is 4.75. The lowest BCUT2D eigenvalue weighted by Crippen LogP contribution is -2.12. The zero-order valence-electron chi connectivity index (χ0n) is 8.45. The Morgan fingerprint density at radius 1 is 1.53 bits per heavy atom. The summed E-state index contributed by atoms with van der Waals surface area (Å²) in [5.74, 6) is -1.13. The van der Waals surface area contributed by atoms with Crippen molar-refractivity contribution in [3.8, 4) is 0 Å². The Morgan fingerprint density at radius 2 is 2.27 bits per heavy atom. The second kappa shape index (κ2) is 5.50. The molecule has 0 saturated heterocycles. The van der Waals surface area contributed by atoms with E-state index in [1.165, 1.54) is 0 Å². The molecule has 0 aliphatic carbocycles. The number of anilines is 1. The summed E-state index contributed by atoms with van der Waals surface area (Å²) in [6.45, 7) is 2.00. The van der Waals surface area contributed by atoms with Crippen molar-refractivity contribution in [2.24, 2.45) is 0 Å². The number of carboxylic acid groups (broad SMARTS) is 1. The Morgan fingerprint density at radius 3 is 2.87 bits per heavy atom. The zero-order valence-corrected chi connectivity index (χ0v) is 9.26. The Kier molecular flexibility index (Phi) is 4.30. The number of unbranched alkanes of at least 4 members (excludes halogenated alkanes) is 1. The van der Waals surface area contributed by atoms with E-state index in [-0.39, 0.29) is 10.8 Å². The van der Waals surface area contributed by atoms with Crippen LogP contribution in [-0.2, 0) is 4.79 Å².